The molecule has 2 rings (SSSR count). The third-order valence-corrected chi connectivity index (χ3v) is 3.24. The SMILES string of the molecule is CN(c1cccc(C#N)c1)c1cccc(Cl)c1C(=O)O. The van der Waals surface area contributed by atoms with E-state index in [9.17, 15) is 9.90 Å². The summed E-state index contributed by atoms with van der Waals surface area (Å²) in [6.07, 6.45) is 0. The highest BCUT2D eigenvalue weighted by atomic mass is 35.5. The second kappa shape index (κ2) is 5.64. The number of hydrogen-bond acceptors (Lipinski definition) is 3. The van der Waals surface area contributed by atoms with Crippen LogP contribution in [-0.2, 0) is 0 Å². The first-order valence-electron chi connectivity index (χ1n) is 5.80. The smallest absolute Gasteiger partial charge is 0.339 e. The third-order valence-electron chi connectivity index (χ3n) is 2.93. The molecule has 5 heteroatoms. The molecule has 0 amide bonds. The summed E-state index contributed by atoms with van der Waals surface area (Å²) in [5, 5.41) is 18.4. The molecule has 1 N–H and O–H groups in total. The summed E-state index contributed by atoms with van der Waals surface area (Å²) in [6.45, 7) is 0. The van der Waals surface area contributed by atoms with Gasteiger partial charge in [0.2, 0.25) is 0 Å². The van der Waals surface area contributed by atoms with E-state index in [1.165, 1.54) is 6.07 Å². The van der Waals surface area contributed by atoms with Gasteiger partial charge >= 0.3 is 5.97 Å². The highest BCUT2D eigenvalue weighted by molar-refractivity contribution is 6.34. The van der Waals surface area contributed by atoms with Gasteiger partial charge in [-0.3, -0.25) is 0 Å². The van der Waals surface area contributed by atoms with Gasteiger partial charge < -0.3 is 10.0 Å². The lowest BCUT2D eigenvalue weighted by Crippen LogP contribution is -2.14. The van der Waals surface area contributed by atoms with Crippen LogP contribution < -0.4 is 4.90 Å². The van der Waals surface area contributed by atoms with Gasteiger partial charge in [-0.05, 0) is 30.3 Å². The minimum absolute atomic E-state index is 0.0408. The van der Waals surface area contributed by atoms with E-state index in [0.717, 1.165) is 0 Å². The molecule has 0 fully saturated rings. The predicted octanol–water partition coefficient (Wildman–Crippen LogP) is 3.68. The van der Waals surface area contributed by atoms with Crippen molar-refractivity contribution in [1.82, 2.24) is 0 Å². The number of benzene rings is 2. The molecule has 0 aliphatic carbocycles. The highest BCUT2D eigenvalue weighted by Crippen LogP contribution is 2.31. The maximum absolute atomic E-state index is 11.3. The Bertz CT molecular complexity index is 707. The summed E-state index contributed by atoms with van der Waals surface area (Å²) in [4.78, 5) is 13.0. The third kappa shape index (κ3) is 2.58. The van der Waals surface area contributed by atoms with Crippen LogP contribution in [0.3, 0.4) is 0 Å². The number of halogens is 1. The van der Waals surface area contributed by atoms with Crippen molar-refractivity contribution >= 4 is 28.9 Å². The van der Waals surface area contributed by atoms with Gasteiger partial charge in [0, 0.05) is 12.7 Å². The van der Waals surface area contributed by atoms with Crippen molar-refractivity contribution in [2.24, 2.45) is 0 Å². The molecule has 0 aromatic heterocycles. The zero-order chi connectivity index (χ0) is 14.7. The minimum atomic E-state index is -1.09. The summed E-state index contributed by atoms with van der Waals surface area (Å²) >= 11 is 5.95. The largest absolute Gasteiger partial charge is 0.478 e. The first kappa shape index (κ1) is 13.9. The quantitative estimate of drug-likeness (QED) is 0.935. The zero-order valence-corrected chi connectivity index (χ0v) is 11.4. The Kier molecular flexibility index (Phi) is 3.92. The number of carbonyl (C=O) groups is 1. The van der Waals surface area contributed by atoms with E-state index in [0.29, 0.717) is 16.9 Å². The molecule has 2 aromatic rings. The number of nitriles is 1. The maximum Gasteiger partial charge on any atom is 0.339 e. The van der Waals surface area contributed by atoms with E-state index in [1.807, 2.05) is 0 Å². The minimum Gasteiger partial charge on any atom is -0.478 e. The Hall–Kier alpha value is -2.51. The van der Waals surface area contributed by atoms with Crippen LogP contribution in [0.4, 0.5) is 11.4 Å². The first-order valence-corrected chi connectivity index (χ1v) is 6.18. The fraction of sp³-hybridized carbons (Fsp3) is 0.0667. The number of aromatic carboxylic acids is 1. The molecule has 2 aromatic carbocycles. The van der Waals surface area contributed by atoms with Gasteiger partial charge in [0.1, 0.15) is 5.56 Å². The van der Waals surface area contributed by atoms with Crippen LogP contribution >= 0.6 is 11.6 Å². The highest BCUT2D eigenvalue weighted by Gasteiger charge is 2.18. The van der Waals surface area contributed by atoms with E-state index >= 15 is 0 Å². The maximum atomic E-state index is 11.3. The molecule has 4 nitrogen and oxygen atoms in total. The molecule has 0 saturated carbocycles. The molecular weight excluding hydrogens is 276 g/mol. The monoisotopic (exact) mass is 286 g/mol. The van der Waals surface area contributed by atoms with Crippen molar-refractivity contribution in [3.8, 4) is 6.07 Å². The number of hydrogen-bond donors (Lipinski definition) is 1. The summed E-state index contributed by atoms with van der Waals surface area (Å²) in [5.41, 5.74) is 1.74. The molecule has 100 valence electrons. The fourth-order valence-electron chi connectivity index (χ4n) is 1.93. The van der Waals surface area contributed by atoms with Crippen molar-refractivity contribution in [3.05, 3.63) is 58.6 Å². The Morgan fingerprint density at radius 1 is 1.30 bits per heavy atom. The van der Waals surface area contributed by atoms with E-state index in [2.05, 4.69) is 6.07 Å². The van der Waals surface area contributed by atoms with Gasteiger partial charge in [-0.15, -0.1) is 0 Å². The molecule has 0 bridgehead atoms. The van der Waals surface area contributed by atoms with Crippen LogP contribution in [0.2, 0.25) is 5.02 Å². The van der Waals surface area contributed by atoms with Crippen LogP contribution in [0.15, 0.2) is 42.5 Å². The van der Waals surface area contributed by atoms with Gasteiger partial charge in [-0.25, -0.2) is 4.79 Å². The number of rotatable bonds is 3. The molecule has 0 atom stereocenters. The second-order valence-corrected chi connectivity index (χ2v) is 4.57. The number of carboxylic acid groups (broad SMARTS) is 1. The van der Waals surface area contributed by atoms with Crippen molar-refractivity contribution in [2.45, 2.75) is 0 Å². The Balaban J connectivity index is 2.54. The van der Waals surface area contributed by atoms with Crippen LogP contribution in [-0.4, -0.2) is 18.1 Å². The average Bonchev–Trinajstić information content (AvgIpc) is 2.45. The van der Waals surface area contributed by atoms with E-state index in [-0.39, 0.29) is 10.6 Å². The molecule has 0 unspecified atom stereocenters. The van der Waals surface area contributed by atoms with E-state index < -0.39 is 5.97 Å². The number of carboxylic acids is 1. The Labute approximate surface area is 121 Å². The van der Waals surface area contributed by atoms with Gasteiger partial charge in [0.05, 0.1) is 22.3 Å². The van der Waals surface area contributed by atoms with Crippen LogP contribution in [0.5, 0.6) is 0 Å². The van der Waals surface area contributed by atoms with Crippen molar-refractivity contribution in [1.29, 1.82) is 5.26 Å². The fourth-order valence-corrected chi connectivity index (χ4v) is 2.18. The molecule has 0 aliphatic heterocycles. The lowest BCUT2D eigenvalue weighted by atomic mass is 10.1. The zero-order valence-electron chi connectivity index (χ0n) is 10.7. The summed E-state index contributed by atoms with van der Waals surface area (Å²) < 4.78 is 0. The Morgan fingerprint density at radius 2 is 2.00 bits per heavy atom. The van der Waals surface area contributed by atoms with Gasteiger partial charge in [0.25, 0.3) is 0 Å². The van der Waals surface area contributed by atoms with Crippen LogP contribution in [0.1, 0.15) is 15.9 Å². The van der Waals surface area contributed by atoms with E-state index in [4.69, 9.17) is 16.9 Å². The molecule has 20 heavy (non-hydrogen) atoms. The molecular formula is C15H11ClN2O2. The first-order chi connectivity index (χ1) is 9.54. The molecule has 0 aliphatic rings. The molecule has 0 spiro atoms. The van der Waals surface area contributed by atoms with Crippen molar-refractivity contribution in [2.75, 3.05) is 11.9 Å². The lowest BCUT2D eigenvalue weighted by Gasteiger charge is -2.22. The topological polar surface area (TPSA) is 64.3 Å². The molecule has 0 radical (unpaired) electrons. The standard InChI is InChI=1S/C15H11ClN2O2/c1-18(11-5-2-4-10(8-11)9-17)13-7-3-6-12(16)14(13)15(19)20/h2-8H,1H3,(H,19,20). The Morgan fingerprint density at radius 3 is 2.65 bits per heavy atom. The summed E-state index contributed by atoms with van der Waals surface area (Å²) in [6, 6.07) is 13.9. The van der Waals surface area contributed by atoms with Gasteiger partial charge in [-0.1, -0.05) is 23.7 Å². The van der Waals surface area contributed by atoms with Crippen LogP contribution in [0.25, 0.3) is 0 Å². The van der Waals surface area contributed by atoms with E-state index in [1.54, 1.807) is 48.3 Å². The summed E-state index contributed by atoms with van der Waals surface area (Å²) in [5.74, 6) is -1.09. The average molecular weight is 287 g/mol. The normalized spacial score (nSPS) is 9.85. The predicted molar refractivity (Wildman–Crippen MR) is 77.6 cm³/mol. The van der Waals surface area contributed by atoms with Crippen LogP contribution in [0, 0.1) is 11.3 Å². The van der Waals surface area contributed by atoms with Crippen molar-refractivity contribution < 1.29 is 9.90 Å². The van der Waals surface area contributed by atoms with Gasteiger partial charge in [0.15, 0.2) is 0 Å². The number of anilines is 2. The number of nitrogens with zero attached hydrogens (tertiary/aromatic N) is 2. The van der Waals surface area contributed by atoms with Crippen molar-refractivity contribution in [3.63, 3.8) is 0 Å². The van der Waals surface area contributed by atoms with Gasteiger partial charge in [-0.2, -0.15) is 5.26 Å². The lowest BCUT2D eigenvalue weighted by molar-refractivity contribution is 0.0698. The summed E-state index contributed by atoms with van der Waals surface area (Å²) in [7, 11) is 1.73. The molecule has 0 heterocycles. The molecule has 0 saturated heterocycles. The second-order valence-electron chi connectivity index (χ2n) is 4.16.